The molecule has 25 heavy (non-hydrogen) atoms. The van der Waals surface area contributed by atoms with E-state index >= 15 is 0 Å². The molecule has 5 heteroatoms. The van der Waals surface area contributed by atoms with Crippen LogP contribution in [-0.2, 0) is 13.0 Å². The normalized spacial score (nSPS) is 13.6. The quantitative estimate of drug-likeness (QED) is 0.798. The van der Waals surface area contributed by atoms with Crippen molar-refractivity contribution >= 4 is 16.8 Å². The number of aromatic amines is 1. The number of carbonyl (C=O) groups excluding carboxylic acids is 1. The minimum atomic E-state index is 0.0285. The van der Waals surface area contributed by atoms with Gasteiger partial charge in [0.15, 0.2) is 0 Å². The summed E-state index contributed by atoms with van der Waals surface area (Å²) in [7, 11) is 3.28. The van der Waals surface area contributed by atoms with E-state index in [1.807, 2.05) is 35.2 Å². The van der Waals surface area contributed by atoms with E-state index in [9.17, 15) is 4.79 Å². The summed E-state index contributed by atoms with van der Waals surface area (Å²) in [6.07, 6.45) is 0.832. The summed E-state index contributed by atoms with van der Waals surface area (Å²) in [5, 5.41) is 1.18. The van der Waals surface area contributed by atoms with Gasteiger partial charge in [-0.3, -0.25) is 4.79 Å². The number of aromatic nitrogens is 1. The Labute approximate surface area is 146 Å². The van der Waals surface area contributed by atoms with Crippen LogP contribution in [-0.4, -0.2) is 36.6 Å². The van der Waals surface area contributed by atoms with Crippen LogP contribution in [0.4, 0.5) is 0 Å². The predicted molar refractivity (Wildman–Crippen MR) is 96.3 cm³/mol. The third-order valence-corrected chi connectivity index (χ3v) is 4.79. The molecule has 0 spiro atoms. The number of nitrogens with zero attached hydrogens (tertiary/aromatic N) is 1. The number of benzene rings is 2. The number of nitrogens with one attached hydrogen (secondary N) is 1. The van der Waals surface area contributed by atoms with E-state index in [1.54, 1.807) is 20.3 Å². The second-order valence-corrected chi connectivity index (χ2v) is 6.20. The number of methoxy groups -OCH3 is 2. The summed E-state index contributed by atoms with van der Waals surface area (Å²) < 4.78 is 10.6. The zero-order valence-electron chi connectivity index (χ0n) is 14.3. The lowest BCUT2D eigenvalue weighted by molar-refractivity contribution is 0.0732. The van der Waals surface area contributed by atoms with Crippen molar-refractivity contribution in [3.8, 4) is 11.5 Å². The molecule has 1 aliphatic heterocycles. The molecule has 0 unspecified atom stereocenters. The molecule has 128 valence electrons. The Kier molecular flexibility index (Phi) is 3.84. The highest BCUT2D eigenvalue weighted by Crippen LogP contribution is 2.31. The van der Waals surface area contributed by atoms with Crippen LogP contribution >= 0.6 is 0 Å². The van der Waals surface area contributed by atoms with Crippen molar-refractivity contribution in [3.05, 3.63) is 59.3 Å². The summed E-state index contributed by atoms with van der Waals surface area (Å²) in [4.78, 5) is 18.2. The summed E-state index contributed by atoms with van der Waals surface area (Å²) in [5.74, 6) is 1.58. The Bertz CT molecular complexity index is 945. The Hall–Kier alpha value is -2.95. The van der Waals surface area contributed by atoms with Gasteiger partial charge in [-0.15, -0.1) is 0 Å². The fourth-order valence-corrected chi connectivity index (χ4v) is 3.46. The SMILES string of the molecule is COc1cccc(C(=O)N2CCc3c([nH]c4ccc(OC)cc34)C2)c1. The summed E-state index contributed by atoms with van der Waals surface area (Å²) in [6.45, 7) is 1.29. The van der Waals surface area contributed by atoms with Crippen molar-refractivity contribution in [1.29, 1.82) is 0 Å². The van der Waals surface area contributed by atoms with Gasteiger partial charge in [-0.25, -0.2) is 0 Å². The molecule has 5 nitrogen and oxygen atoms in total. The van der Waals surface area contributed by atoms with Gasteiger partial charge in [0, 0.05) is 28.7 Å². The van der Waals surface area contributed by atoms with Crippen LogP contribution in [0, 0.1) is 0 Å². The smallest absolute Gasteiger partial charge is 0.254 e. The van der Waals surface area contributed by atoms with Gasteiger partial charge >= 0.3 is 0 Å². The first-order valence-electron chi connectivity index (χ1n) is 8.30. The van der Waals surface area contributed by atoms with Gasteiger partial charge in [-0.2, -0.15) is 0 Å². The molecule has 0 saturated heterocycles. The molecular weight excluding hydrogens is 316 g/mol. The lowest BCUT2D eigenvalue weighted by atomic mass is 10.0. The summed E-state index contributed by atoms with van der Waals surface area (Å²) >= 11 is 0. The predicted octanol–water partition coefficient (Wildman–Crippen LogP) is 3.38. The molecule has 1 aliphatic rings. The van der Waals surface area contributed by atoms with Crippen molar-refractivity contribution in [2.24, 2.45) is 0 Å². The minimum absolute atomic E-state index is 0.0285. The summed E-state index contributed by atoms with van der Waals surface area (Å²) in [6, 6.07) is 13.3. The van der Waals surface area contributed by atoms with Crippen molar-refractivity contribution in [3.63, 3.8) is 0 Å². The van der Waals surface area contributed by atoms with E-state index in [0.717, 1.165) is 23.4 Å². The molecule has 1 N–H and O–H groups in total. The zero-order chi connectivity index (χ0) is 17.4. The molecule has 0 fully saturated rings. The van der Waals surface area contributed by atoms with Gasteiger partial charge in [0.2, 0.25) is 0 Å². The van der Waals surface area contributed by atoms with Gasteiger partial charge < -0.3 is 19.4 Å². The van der Waals surface area contributed by atoms with Crippen molar-refractivity contribution < 1.29 is 14.3 Å². The monoisotopic (exact) mass is 336 g/mol. The van der Waals surface area contributed by atoms with Gasteiger partial charge in [-0.05, 0) is 48.4 Å². The second kappa shape index (κ2) is 6.16. The Morgan fingerprint density at radius 3 is 2.68 bits per heavy atom. The van der Waals surface area contributed by atoms with Gasteiger partial charge in [0.05, 0.1) is 20.8 Å². The number of hydrogen-bond donors (Lipinski definition) is 1. The molecule has 2 aromatic carbocycles. The van der Waals surface area contributed by atoms with E-state index in [0.29, 0.717) is 24.4 Å². The maximum Gasteiger partial charge on any atom is 0.254 e. The zero-order valence-corrected chi connectivity index (χ0v) is 14.3. The Morgan fingerprint density at radius 1 is 1.08 bits per heavy atom. The molecule has 0 radical (unpaired) electrons. The standard InChI is InChI=1S/C20H20N2O3/c1-24-14-5-3-4-13(10-14)20(23)22-9-8-16-17-11-15(25-2)6-7-18(17)21-19(16)12-22/h3-7,10-11,21H,8-9,12H2,1-2H3. The first kappa shape index (κ1) is 15.6. The molecule has 3 aromatic rings. The van der Waals surface area contributed by atoms with E-state index < -0.39 is 0 Å². The third kappa shape index (κ3) is 2.71. The van der Waals surface area contributed by atoms with E-state index in [2.05, 4.69) is 11.1 Å². The highest BCUT2D eigenvalue weighted by atomic mass is 16.5. The van der Waals surface area contributed by atoms with E-state index in [-0.39, 0.29) is 5.91 Å². The number of hydrogen-bond acceptors (Lipinski definition) is 3. The number of rotatable bonds is 3. The fraction of sp³-hybridized carbons (Fsp3) is 0.250. The minimum Gasteiger partial charge on any atom is -0.497 e. The molecule has 0 atom stereocenters. The van der Waals surface area contributed by atoms with Crippen molar-refractivity contribution in [2.45, 2.75) is 13.0 Å². The van der Waals surface area contributed by atoms with Crippen molar-refractivity contribution in [1.82, 2.24) is 9.88 Å². The van der Waals surface area contributed by atoms with Crippen molar-refractivity contribution in [2.75, 3.05) is 20.8 Å². The highest BCUT2D eigenvalue weighted by molar-refractivity contribution is 5.95. The number of carbonyl (C=O) groups is 1. The van der Waals surface area contributed by atoms with Crippen LogP contribution in [0.1, 0.15) is 21.6 Å². The van der Waals surface area contributed by atoms with E-state index in [4.69, 9.17) is 9.47 Å². The lowest BCUT2D eigenvalue weighted by Crippen LogP contribution is -2.35. The second-order valence-electron chi connectivity index (χ2n) is 6.20. The number of H-pyrrole nitrogens is 1. The van der Waals surface area contributed by atoms with Gasteiger partial charge in [0.25, 0.3) is 5.91 Å². The first-order valence-corrected chi connectivity index (χ1v) is 8.30. The van der Waals surface area contributed by atoms with Crippen LogP contribution in [0.5, 0.6) is 11.5 Å². The average molecular weight is 336 g/mol. The third-order valence-electron chi connectivity index (χ3n) is 4.79. The maximum atomic E-state index is 12.8. The first-order chi connectivity index (χ1) is 12.2. The van der Waals surface area contributed by atoms with Crippen LogP contribution in [0.25, 0.3) is 10.9 Å². The molecule has 0 aliphatic carbocycles. The number of ether oxygens (including phenoxy) is 2. The molecular formula is C20H20N2O3. The van der Waals surface area contributed by atoms with Crippen LogP contribution < -0.4 is 9.47 Å². The molecule has 2 heterocycles. The lowest BCUT2D eigenvalue weighted by Gasteiger charge is -2.27. The number of fused-ring (bicyclic) bond motifs is 3. The summed E-state index contributed by atoms with van der Waals surface area (Å²) in [5.41, 5.74) is 4.12. The highest BCUT2D eigenvalue weighted by Gasteiger charge is 2.25. The number of amides is 1. The van der Waals surface area contributed by atoms with Crippen LogP contribution in [0.3, 0.4) is 0 Å². The molecule has 4 rings (SSSR count). The largest absolute Gasteiger partial charge is 0.497 e. The van der Waals surface area contributed by atoms with Crippen LogP contribution in [0.15, 0.2) is 42.5 Å². The van der Waals surface area contributed by atoms with Crippen LogP contribution in [0.2, 0.25) is 0 Å². The molecule has 1 aromatic heterocycles. The maximum absolute atomic E-state index is 12.8. The molecule has 0 saturated carbocycles. The molecule has 0 bridgehead atoms. The van der Waals surface area contributed by atoms with Gasteiger partial charge in [0.1, 0.15) is 11.5 Å². The van der Waals surface area contributed by atoms with Gasteiger partial charge in [-0.1, -0.05) is 6.07 Å². The Balaban J connectivity index is 1.63. The fourth-order valence-electron chi connectivity index (χ4n) is 3.46. The van der Waals surface area contributed by atoms with E-state index in [1.165, 1.54) is 10.9 Å². The topological polar surface area (TPSA) is 54.6 Å². The Morgan fingerprint density at radius 2 is 1.88 bits per heavy atom. The molecule has 1 amide bonds. The average Bonchev–Trinajstić information content (AvgIpc) is 3.04.